The summed E-state index contributed by atoms with van der Waals surface area (Å²) in [5, 5.41) is 0. The van der Waals surface area contributed by atoms with Gasteiger partial charge in [-0.1, -0.05) is 13.0 Å². The average Bonchev–Trinajstić information content (AvgIpc) is 2.61. The molecule has 146 valence electrons. The average molecular weight is 384 g/mol. The third kappa shape index (κ3) is 5.11. The van der Waals surface area contributed by atoms with Gasteiger partial charge in [-0.15, -0.1) is 0 Å². The highest BCUT2D eigenvalue weighted by Gasteiger charge is 2.25. The van der Waals surface area contributed by atoms with Gasteiger partial charge in [-0.05, 0) is 31.2 Å². The van der Waals surface area contributed by atoms with Gasteiger partial charge in [0.1, 0.15) is 5.75 Å². The second-order valence-corrected chi connectivity index (χ2v) is 8.48. The molecule has 8 heteroatoms. The van der Waals surface area contributed by atoms with E-state index >= 15 is 0 Å². The summed E-state index contributed by atoms with van der Waals surface area (Å²) >= 11 is 0. The molecule has 0 aromatic heterocycles. The standard InChI is InChI=1S/C18H29N3O4S/c1-5-19-10-12-20(13-11-19)18(22)8-9-21(26(4,23)24)16-14-15(2)6-7-17(16)25-3/h6-7,14H,5,8-13H2,1-4H3. The summed E-state index contributed by atoms with van der Waals surface area (Å²) in [6.07, 6.45) is 1.30. The quantitative estimate of drug-likeness (QED) is 0.710. The van der Waals surface area contributed by atoms with Crippen molar-refractivity contribution in [2.45, 2.75) is 20.3 Å². The van der Waals surface area contributed by atoms with Gasteiger partial charge in [0.25, 0.3) is 0 Å². The Bertz CT molecular complexity index is 728. The lowest BCUT2D eigenvalue weighted by Crippen LogP contribution is -2.49. The fourth-order valence-electron chi connectivity index (χ4n) is 3.13. The van der Waals surface area contributed by atoms with Crippen molar-refractivity contribution in [2.24, 2.45) is 0 Å². The molecule has 1 aromatic rings. The highest BCUT2D eigenvalue weighted by atomic mass is 32.2. The summed E-state index contributed by atoms with van der Waals surface area (Å²) < 4.78 is 31.2. The van der Waals surface area contributed by atoms with Gasteiger partial charge < -0.3 is 14.5 Å². The number of nitrogens with zero attached hydrogens (tertiary/aromatic N) is 3. The Balaban J connectivity index is 2.10. The molecule has 7 nitrogen and oxygen atoms in total. The maximum atomic E-state index is 12.5. The van der Waals surface area contributed by atoms with Crippen LogP contribution in [0.25, 0.3) is 0 Å². The number of benzene rings is 1. The van der Waals surface area contributed by atoms with Gasteiger partial charge in [-0.25, -0.2) is 8.42 Å². The summed E-state index contributed by atoms with van der Waals surface area (Å²) in [4.78, 5) is 16.6. The van der Waals surface area contributed by atoms with Crippen LogP contribution in [0.2, 0.25) is 0 Å². The van der Waals surface area contributed by atoms with E-state index in [1.165, 1.54) is 11.4 Å². The zero-order valence-corrected chi connectivity index (χ0v) is 16.9. The van der Waals surface area contributed by atoms with Crippen LogP contribution in [-0.4, -0.2) is 76.8 Å². The second-order valence-electron chi connectivity index (χ2n) is 6.58. The molecule has 0 spiro atoms. The topological polar surface area (TPSA) is 70.2 Å². The second kappa shape index (κ2) is 8.73. The predicted octanol–water partition coefficient (Wildman–Crippen LogP) is 1.32. The minimum absolute atomic E-state index is 0.0129. The fraction of sp³-hybridized carbons (Fsp3) is 0.611. The van der Waals surface area contributed by atoms with E-state index in [0.29, 0.717) is 24.5 Å². The zero-order chi connectivity index (χ0) is 19.3. The van der Waals surface area contributed by atoms with Crippen LogP contribution in [0.15, 0.2) is 18.2 Å². The minimum Gasteiger partial charge on any atom is -0.495 e. The number of aryl methyl sites for hydroxylation is 1. The molecular weight excluding hydrogens is 354 g/mol. The summed E-state index contributed by atoms with van der Waals surface area (Å²) in [5.41, 5.74) is 1.40. The molecule has 1 saturated heterocycles. The largest absolute Gasteiger partial charge is 0.495 e. The molecule has 1 heterocycles. The van der Waals surface area contributed by atoms with Gasteiger partial charge in [-0.3, -0.25) is 9.10 Å². The summed E-state index contributed by atoms with van der Waals surface area (Å²) in [7, 11) is -2.03. The third-order valence-corrected chi connectivity index (χ3v) is 5.88. The molecule has 0 unspecified atom stereocenters. The summed E-state index contributed by atoms with van der Waals surface area (Å²) in [6, 6.07) is 5.38. The van der Waals surface area contributed by atoms with E-state index in [1.807, 2.05) is 17.9 Å². The predicted molar refractivity (Wildman–Crippen MR) is 103 cm³/mol. The lowest BCUT2D eigenvalue weighted by molar-refractivity contribution is -0.132. The van der Waals surface area contributed by atoms with Crippen molar-refractivity contribution in [1.82, 2.24) is 9.80 Å². The number of amides is 1. The SMILES string of the molecule is CCN1CCN(C(=O)CCN(c2cc(C)ccc2OC)S(C)(=O)=O)CC1. The van der Waals surface area contributed by atoms with Crippen LogP contribution >= 0.6 is 0 Å². The highest BCUT2D eigenvalue weighted by Crippen LogP contribution is 2.31. The molecule has 1 aliphatic heterocycles. The molecule has 0 saturated carbocycles. The first-order chi connectivity index (χ1) is 12.3. The van der Waals surface area contributed by atoms with E-state index < -0.39 is 10.0 Å². The first-order valence-corrected chi connectivity index (χ1v) is 10.7. The van der Waals surface area contributed by atoms with Gasteiger partial charge >= 0.3 is 0 Å². The highest BCUT2D eigenvalue weighted by molar-refractivity contribution is 7.92. The van der Waals surface area contributed by atoms with Crippen molar-refractivity contribution in [3.05, 3.63) is 23.8 Å². The number of carbonyl (C=O) groups excluding carboxylic acids is 1. The minimum atomic E-state index is -3.53. The number of hydrogen-bond acceptors (Lipinski definition) is 5. The van der Waals surface area contributed by atoms with E-state index in [4.69, 9.17) is 4.74 Å². The van der Waals surface area contributed by atoms with Gasteiger partial charge in [0.05, 0.1) is 19.1 Å². The maximum absolute atomic E-state index is 12.5. The van der Waals surface area contributed by atoms with Crippen molar-refractivity contribution < 1.29 is 17.9 Å². The number of anilines is 1. The zero-order valence-electron chi connectivity index (χ0n) is 16.1. The number of hydrogen-bond donors (Lipinski definition) is 0. The number of ether oxygens (including phenoxy) is 1. The number of sulfonamides is 1. The third-order valence-electron chi connectivity index (χ3n) is 4.70. The van der Waals surface area contributed by atoms with Gasteiger partial charge in [-0.2, -0.15) is 0 Å². The van der Waals surface area contributed by atoms with E-state index in [1.54, 1.807) is 12.1 Å². The van der Waals surface area contributed by atoms with Crippen molar-refractivity contribution in [2.75, 3.05) is 56.9 Å². The maximum Gasteiger partial charge on any atom is 0.232 e. The van der Waals surface area contributed by atoms with Crippen LogP contribution in [0, 0.1) is 6.92 Å². The molecule has 26 heavy (non-hydrogen) atoms. The molecule has 1 aliphatic rings. The Hall–Kier alpha value is -1.80. The number of methoxy groups -OCH3 is 1. The van der Waals surface area contributed by atoms with Crippen LogP contribution in [0.3, 0.4) is 0 Å². The molecule has 0 radical (unpaired) electrons. The number of rotatable bonds is 7. The van der Waals surface area contributed by atoms with Crippen LogP contribution in [0.5, 0.6) is 5.75 Å². The number of carbonyl (C=O) groups is 1. The fourth-order valence-corrected chi connectivity index (χ4v) is 4.05. The molecule has 1 amide bonds. The first-order valence-electron chi connectivity index (χ1n) is 8.88. The Kier molecular flexibility index (Phi) is 6.88. The van der Waals surface area contributed by atoms with E-state index in [9.17, 15) is 13.2 Å². The Morgan fingerprint density at radius 2 is 1.88 bits per heavy atom. The van der Waals surface area contributed by atoms with Gasteiger partial charge in [0.2, 0.25) is 15.9 Å². The monoisotopic (exact) mass is 383 g/mol. The van der Waals surface area contributed by atoms with E-state index in [2.05, 4.69) is 11.8 Å². The summed E-state index contributed by atoms with van der Waals surface area (Å²) in [5.74, 6) is 0.464. The van der Waals surface area contributed by atoms with Crippen LogP contribution in [0.1, 0.15) is 18.9 Å². The Morgan fingerprint density at radius 1 is 1.23 bits per heavy atom. The normalized spacial score (nSPS) is 15.8. The molecule has 0 N–H and O–H groups in total. The molecule has 0 atom stereocenters. The van der Waals surface area contributed by atoms with Crippen LogP contribution in [-0.2, 0) is 14.8 Å². The number of piperazine rings is 1. The van der Waals surface area contributed by atoms with E-state index in [0.717, 1.165) is 31.5 Å². The molecule has 0 aliphatic carbocycles. The van der Waals surface area contributed by atoms with E-state index in [-0.39, 0.29) is 18.9 Å². The molecule has 2 rings (SSSR count). The van der Waals surface area contributed by atoms with Crippen LogP contribution < -0.4 is 9.04 Å². The Morgan fingerprint density at radius 3 is 2.42 bits per heavy atom. The van der Waals surface area contributed by atoms with Crippen molar-refractivity contribution in [1.29, 1.82) is 0 Å². The molecule has 1 fully saturated rings. The van der Waals surface area contributed by atoms with Gasteiger partial charge in [0.15, 0.2) is 0 Å². The first kappa shape index (κ1) is 20.5. The lowest BCUT2D eigenvalue weighted by Gasteiger charge is -2.34. The summed E-state index contributed by atoms with van der Waals surface area (Å²) in [6.45, 7) is 8.20. The molecule has 0 bridgehead atoms. The van der Waals surface area contributed by atoms with Crippen molar-refractivity contribution in [3.8, 4) is 5.75 Å². The lowest BCUT2D eigenvalue weighted by atomic mass is 10.2. The van der Waals surface area contributed by atoms with Crippen molar-refractivity contribution in [3.63, 3.8) is 0 Å². The smallest absolute Gasteiger partial charge is 0.232 e. The van der Waals surface area contributed by atoms with Crippen LogP contribution in [0.4, 0.5) is 5.69 Å². The van der Waals surface area contributed by atoms with Crippen molar-refractivity contribution >= 4 is 21.6 Å². The Labute approximate surface area is 156 Å². The number of likely N-dealkylation sites (N-methyl/N-ethyl adjacent to an activating group) is 1. The molecule has 1 aromatic carbocycles. The van der Waals surface area contributed by atoms with Gasteiger partial charge in [0, 0.05) is 39.1 Å². The molecular formula is C18H29N3O4S.